The lowest BCUT2D eigenvalue weighted by molar-refractivity contribution is -0.123. The summed E-state index contributed by atoms with van der Waals surface area (Å²) in [5, 5.41) is 22.5. The third kappa shape index (κ3) is 2.48. The van der Waals surface area contributed by atoms with Crippen molar-refractivity contribution >= 4 is 12.1 Å². The van der Waals surface area contributed by atoms with Crippen LogP contribution in [0.1, 0.15) is 38.2 Å². The van der Waals surface area contributed by atoms with Crippen LogP contribution in [0.15, 0.2) is 23.3 Å². The topological polar surface area (TPSA) is 81.9 Å². The molecule has 5 nitrogen and oxygen atoms in total. The number of nitrogens with zero attached hydrogens (tertiary/aromatic N) is 1. The molecule has 2 fully saturated rings. The van der Waals surface area contributed by atoms with Crippen LogP contribution in [-0.4, -0.2) is 22.3 Å². The molecule has 2 aliphatic carbocycles. The lowest BCUT2D eigenvalue weighted by atomic mass is 9.90. The third-order valence-corrected chi connectivity index (χ3v) is 5.00. The Morgan fingerprint density at radius 3 is 2.86 bits per heavy atom. The second kappa shape index (κ2) is 5.06. The minimum atomic E-state index is -0.203. The van der Waals surface area contributed by atoms with Crippen molar-refractivity contribution in [2.24, 2.45) is 22.4 Å². The van der Waals surface area contributed by atoms with E-state index < -0.39 is 0 Å². The Kier molecular flexibility index (Phi) is 3.35. The van der Waals surface area contributed by atoms with Crippen LogP contribution >= 0.6 is 0 Å². The Hall–Kier alpha value is -2.04. The molecule has 1 aromatic rings. The summed E-state index contributed by atoms with van der Waals surface area (Å²) < 4.78 is 0. The number of carbonyl (C=O) groups is 1. The molecule has 0 radical (unpaired) electrons. The predicted molar refractivity (Wildman–Crippen MR) is 79.1 cm³/mol. The maximum Gasteiger partial charge on any atom is 0.244 e. The van der Waals surface area contributed by atoms with Crippen molar-refractivity contribution in [1.29, 1.82) is 0 Å². The van der Waals surface area contributed by atoms with E-state index in [0.29, 0.717) is 11.5 Å². The fourth-order valence-electron chi connectivity index (χ4n) is 3.71. The molecule has 0 spiro atoms. The number of benzene rings is 1. The maximum absolute atomic E-state index is 12.2. The fourth-order valence-corrected chi connectivity index (χ4v) is 3.71. The van der Waals surface area contributed by atoms with Crippen LogP contribution in [-0.2, 0) is 4.79 Å². The number of fused-ring (bicyclic) bond motifs is 1. The fraction of sp³-hybridized carbons (Fsp3) is 0.500. The summed E-state index contributed by atoms with van der Waals surface area (Å²) in [5.41, 5.74) is 3.39. The first kappa shape index (κ1) is 13.9. The molecule has 2 saturated carbocycles. The van der Waals surface area contributed by atoms with E-state index in [9.17, 15) is 15.0 Å². The molecule has 3 rings (SSSR count). The van der Waals surface area contributed by atoms with Crippen LogP contribution in [0.25, 0.3) is 0 Å². The van der Waals surface area contributed by atoms with Crippen LogP contribution in [0, 0.1) is 17.3 Å². The molecule has 3 unspecified atom stereocenters. The van der Waals surface area contributed by atoms with E-state index >= 15 is 0 Å². The predicted octanol–water partition coefficient (Wildman–Crippen LogP) is 2.37. The van der Waals surface area contributed by atoms with Gasteiger partial charge in [0.2, 0.25) is 5.91 Å². The maximum atomic E-state index is 12.2. The number of carbonyl (C=O) groups excluding carboxylic acids is 1. The van der Waals surface area contributed by atoms with E-state index in [1.165, 1.54) is 31.2 Å². The Labute approximate surface area is 123 Å². The molecule has 0 saturated heterocycles. The van der Waals surface area contributed by atoms with Crippen molar-refractivity contribution in [3.8, 4) is 11.5 Å². The van der Waals surface area contributed by atoms with Gasteiger partial charge in [0, 0.05) is 5.92 Å². The molecule has 2 aliphatic rings. The molecule has 0 aliphatic heterocycles. The van der Waals surface area contributed by atoms with Crippen molar-refractivity contribution in [2.45, 2.75) is 32.6 Å². The largest absolute Gasteiger partial charge is 0.504 e. The quantitative estimate of drug-likeness (QED) is 0.454. The zero-order valence-corrected chi connectivity index (χ0v) is 12.0. The first-order valence-corrected chi connectivity index (χ1v) is 7.37. The second-order valence-corrected chi connectivity index (χ2v) is 6.32. The molecule has 1 amide bonds. The summed E-state index contributed by atoms with van der Waals surface area (Å²) in [6.07, 6.45) is 6.17. The summed E-state index contributed by atoms with van der Waals surface area (Å²) in [5.74, 6) is 0.213. The number of nitrogens with one attached hydrogen (secondary N) is 1. The zero-order valence-electron chi connectivity index (χ0n) is 12.0. The molecule has 0 bridgehead atoms. The Balaban J connectivity index is 1.59. The molecule has 21 heavy (non-hydrogen) atoms. The monoisotopic (exact) mass is 288 g/mol. The second-order valence-electron chi connectivity index (χ2n) is 6.32. The van der Waals surface area contributed by atoms with Crippen molar-refractivity contribution < 1.29 is 15.0 Å². The van der Waals surface area contributed by atoms with Crippen LogP contribution in [0.4, 0.5) is 0 Å². The smallest absolute Gasteiger partial charge is 0.244 e. The zero-order chi connectivity index (χ0) is 15.0. The molecule has 0 aromatic heterocycles. The van der Waals surface area contributed by atoms with Crippen molar-refractivity contribution in [2.75, 3.05) is 0 Å². The van der Waals surface area contributed by atoms with Crippen LogP contribution in [0.2, 0.25) is 0 Å². The number of hydrogen-bond acceptors (Lipinski definition) is 4. The Morgan fingerprint density at radius 1 is 1.38 bits per heavy atom. The van der Waals surface area contributed by atoms with E-state index in [1.54, 1.807) is 6.07 Å². The first-order valence-electron chi connectivity index (χ1n) is 7.37. The highest BCUT2D eigenvalue weighted by Crippen LogP contribution is 2.66. The van der Waals surface area contributed by atoms with Crippen LogP contribution < -0.4 is 5.43 Å². The molecule has 3 atom stereocenters. The van der Waals surface area contributed by atoms with Crippen molar-refractivity contribution in [3.05, 3.63) is 23.8 Å². The number of amides is 1. The average Bonchev–Trinajstić information content (AvgIpc) is 3.08. The van der Waals surface area contributed by atoms with Gasteiger partial charge in [-0.2, -0.15) is 5.10 Å². The van der Waals surface area contributed by atoms with Gasteiger partial charge in [0.1, 0.15) is 0 Å². The van der Waals surface area contributed by atoms with Gasteiger partial charge in [0.15, 0.2) is 11.5 Å². The van der Waals surface area contributed by atoms with Gasteiger partial charge in [-0.15, -0.1) is 0 Å². The summed E-state index contributed by atoms with van der Waals surface area (Å²) in [6, 6.07) is 4.39. The number of aromatic hydroxyl groups is 2. The van der Waals surface area contributed by atoms with Crippen molar-refractivity contribution in [3.63, 3.8) is 0 Å². The molecule has 5 heteroatoms. The molecular weight excluding hydrogens is 268 g/mol. The Morgan fingerprint density at radius 2 is 2.19 bits per heavy atom. The third-order valence-electron chi connectivity index (χ3n) is 5.00. The van der Waals surface area contributed by atoms with E-state index in [1.807, 2.05) is 0 Å². The van der Waals surface area contributed by atoms with Gasteiger partial charge in [-0.1, -0.05) is 19.8 Å². The minimum absolute atomic E-state index is 0.0105. The summed E-state index contributed by atoms with van der Waals surface area (Å²) in [6.45, 7) is 2.20. The standard InChI is InChI=1S/C16H20N2O3/c1-16-7-3-2-4-11(16)14(16)15(21)18-17-9-10-5-6-12(19)13(20)8-10/h5-6,8-9,11,14,19-20H,2-4,7H2,1H3,(H,18,21). The number of phenols is 2. The van der Waals surface area contributed by atoms with E-state index in [0.717, 1.165) is 12.8 Å². The van der Waals surface area contributed by atoms with E-state index in [2.05, 4.69) is 17.5 Å². The van der Waals surface area contributed by atoms with Gasteiger partial charge in [-0.25, -0.2) is 5.43 Å². The minimum Gasteiger partial charge on any atom is -0.504 e. The normalized spacial score (nSPS) is 30.9. The summed E-state index contributed by atoms with van der Waals surface area (Å²) in [4.78, 5) is 12.2. The van der Waals surface area contributed by atoms with Gasteiger partial charge >= 0.3 is 0 Å². The van der Waals surface area contributed by atoms with E-state index in [-0.39, 0.29) is 28.7 Å². The average molecular weight is 288 g/mol. The Bertz CT molecular complexity index is 599. The van der Waals surface area contributed by atoms with Crippen LogP contribution in [0.5, 0.6) is 11.5 Å². The number of rotatable bonds is 3. The highest BCUT2D eigenvalue weighted by atomic mass is 16.3. The number of hydrazone groups is 1. The molecule has 1 aromatic carbocycles. The SMILES string of the molecule is CC12CCCCC1C2C(=O)NN=Cc1ccc(O)c(O)c1. The summed E-state index contributed by atoms with van der Waals surface area (Å²) in [7, 11) is 0. The highest BCUT2D eigenvalue weighted by molar-refractivity contribution is 5.86. The van der Waals surface area contributed by atoms with Gasteiger partial charge in [-0.3, -0.25) is 4.79 Å². The van der Waals surface area contributed by atoms with Crippen LogP contribution in [0.3, 0.4) is 0 Å². The molecule has 3 N–H and O–H groups in total. The van der Waals surface area contributed by atoms with Gasteiger partial charge in [0.25, 0.3) is 0 Å². The van der Waals surface area contributed by atoms with Gasteiger partial charge < -0.3 is 10.2 Å². The molecular formula is C16H20N2O3. The number of phenolic OH excluding ortho intramolecular Hbond substituents is 2. The lowest BCUT2D eigenvalue weighted by Gasteiger charge is -2.15. The summed E-state index contributed by atoms with van der Waals surface area (Å²) >= 11 is 0. The first-order chi connectivity index (χ1) is 10.0. The van der Waals surface area contributed by atoms with E-state index in [4.69, 9.17) is 0 Å². The molecule has 0 heterocycles. The molecule has 112 valence electrons. The van der Waals surface area contributed by atoms with Gasteiger partial charge in [0.05, 0.1) is 6.21 Å². The lowest BCUT2D eigenvalue weighted by Crippen LogP contribution is -2.22. The van der Waals surface area contributed by atoms with Gasteiger partial charge in [-0.05, 0) is 47.9 Å². The highest BCUT2D eigenvalue weighted by Gasteiger charge is 2.64. The number of hydrogen-bond donors (Lipinski definition) is 3. The van der Waals surface area contributed by atoms with Crippen molar-refractivity contribution in [1.82, 2.24) is 5.43 Å².